The van der Waals surface area contributed by atoms with Crippen molar-refractivity contribution in [1.82, 2.24) is 14.7 Å². The average molecular weight is 484 g/mol. The number of benzene rings is 3. The van der Waals surface area contributed by atoms with E-state index in [1.165, 1.54) is 0 Å². The molecule has 0 radical (unpaired) electrons. The lowest BCUT2D eigenvalue weighted by atomic mass is 10.1. The van der Waals surface area contributed by atoms with Crippen LogP contribution >= 0.6 is 0 Å². The van der Waals surface area contributed by atoms with Crippen molar-refractivity contribution in [1.29, 1.82) is 0 Å². The second-order valence-corrected chi connectivity index (χ2v) is 9.38. The largest absolute Gasteiger partial charge is 0.493 e. The molecule has 5 rings (SSSR count). The Morgan fingerprint density at radius 2 is 1.58 bits per heavy atom. The van der Waals surface area contributed by atoms with Crippen molar-refractivity contribution in [3.63, 3.8) is 0 Å². The molecule has 6 nitrogen and oxygen atoms in total. The van der Waals surface area contributed by atoms with Crippen molar-refractivity contribution in [2.45, 2.75) is 38.0 Å². The third kappa shape index (κ3) is 5.61. The highest BCUT2D eigenvalue weighted by Crippen LogP contribution is 2.39. The quantitative estimate of drug-likeness (QED) is 0.307. The molecule has 4 aromatic rings. The summed E-state index contributed by atoms with van der Waals surface area (Å²) in [6, 6.07) is 28.5. The Morgan fingerprint density at radius 1 is 0.944 bits per heavy atom. The zero-order valence-corrected chi connectivity index (χ0v) is 20.9. The maximum absolute atomic E-state index is 11.0. The summed E-state index contributed by atoms with van der Waals surface area (Å²) in [6.45, 7) is 1.23. The van der Waals surface area contributed by atoms with Gasteiger partial charge in [0.15, 0.2) is 11.5 Å². The van der Waals surface area contributed by atoms with Crippen molar-refractivity contribution < 1.29 is 14.6 Å². The summed E-state index contributed by atoms with van der Waals surface area (Å²) in [5.74, 6) is 2.00. The third-order valence-electron chi connectivity index (χ3n) is 6.59. The van der Waals surface area contributed by atoms with E-state index in [1.807, 2.05) is 67.7 Å². The van der Waals surface area contributed by atoms with Crippen LogP contribution in [0, 0.1) is 0 Å². The van der Waals surface area contributed by atoms with Gasteiger partial charge in [-0.3, -0.25) is 4.90 Å². The van der Waals surface area contributed by atoms with E-state index in [9.17, 15) is 5.11 Å². The van der Waals surface area contributed by atoms with Gasteiger partial charge in [-0.05, 0) is 37.0 Å². The van der Waals surface area contributed by atoms with Crippen molar-refractivity contribution in [2.75, 3.05) is 13.7 Å². The topological polar surface area (TPSA) is 59.8 Å². The number of hydrogen-bond donors (Lipinski definition) is 1. The maximum Gasteiger partial charge on any atom is 0.222 e. The Bertz CT molecular complexity index is 1270. The van der Waals surface area contributed by atoms with Gasteiger partial charge in [0.1, 0.15) is 5.69 Å². The molecular formula is C30H33N3O3. The van der Waals surface area contributed by atoms with Gasteiger partial charge in [0.25, 0.3) is 0 Å². The van der Waals surface area contributed by atoms with Crippen LogP contribution in [0.1, 0.15) is 24.0 Å². The molecule has 1 aromatic heterocycles. The van der Waals surface area contributed by atoms with E-state index in [4.69, 9.17) is 14.6 Å². The summed E-state index contributed by atoms with van der Waals surface area (Å²) in [5, 5.41) is 15.9. The second kappa shape index (κ2) is 11.0. The van der Waals surface area contributed by atoms with E-state index in [0.29, 0.717) is 42.9 Å². The molecule has 3 aromatic carbocycles. The number of aliphatic hydroxyl groups is 1. The van der Waals surface area contributed by atoms with Crippen LogP contribution in [0.3, 0.4) is 0 Å². The van der Waals surface area contributed by atoms with Crippen LogP contribution in [0.4, 0.5) is 0 Å². The van der Waals surface area contributed by atoms with Gasteiger partial charge in [-0.25, -0.2) is 4.68 Å². The minimum absolute atomic E-state index is 0.455. The number of para-hydroxylation sites is 2. The van der Waals surface area contributed by atoms with E-state index >= 15 is 0 Å². The van der Waals surface area contributed by atoms with E-state index in [2.05, 4.69) is 29.2 Å². The second-order valence-electron chi connectivity index (χ2n) is 9.38. The fourth-order valence-electron chi connectivity index (χ4n) is 4.66. The maximum atomic E-state index is 11.0. The highest BCUT2D eigenvalue weighted by molar-refractivity contribution is 5.66. The number of rotatable bonds is 11. The van der Waals surface area contributed by atoms with Gasteiger partial charge in [-0.2, -0.15) is 5.10 Å². The van der Waals surface area contributed by atoms with Gasteiger partial charge in [-0.15, -0.1) is 0 Å². The van der Waals surface area contributed by atoms with E-state index in [0.717, 1.165) is 35.2 Å². The molecular weight excluding hydrogens is 450 g/mol. The molecule has 0 bridgehead atoms. The number of aryl methyl sites for hydroxylation is 1. The smallest absolute Gasteiger partial charge is 0.222 e. The molecule has 1 aliphatic carbocycles. The van der Waals surface area contributed by atoms with Crippen LogP contribution in [0.15, 0.2) is 84.9 Å². The molecule has 1 atom stereocenters. The average Bonchev–Trinajstić information content (AvgIpc) is 3.71. The van der Waals surface area contributed by atoms with Gasteiger partial charge >= 0.3 is 0 Å². The summed E-state index contributed by atoms with van der Waals surface area (Å²) in [4.78, 5) is 2.38. The number of methoxy groups -OCH3 is 1. The predicted octanol–water partition coefficient (Wildman–Crippen LogP) is 5.46. The molecule has 1 saturated carbocycles. The summed E-state index contributed by atoms with van der Waals surface area (Å²) in [7, 11) is 3.55. The molecule has 1 fully saturated rings. The Labute approximate surface area is 212 Å². The lowest BCUT2D eigenvalue weighted by Gasteiger charge is -2.25. The molecule has 0 saturated heterocycles. The van der Waals surface area contributed by atoms with Crippen molar-refractivity contribution in [3.8, 4) is 28.6 Å². The minimum Gasteiger partial charge on any atom is -0.493 e. The molecule has 0 aliphatic heterocycles. The Kier molecular flexibility index (Phi) is 7.35. The molecule has 1 heterocycles. The first-order chi connectivity index (χ1) is 17.6. The molecule has 1 N–H and O–H groups in total. The van der Waals surface area contributed by atoms with Crippen LogP contribution in [0.2, 0.25) is 0 Å². The fraction of sp³-hybridized carbons (Fsp3) is 0.300. The number of hydrogen-bond acceptors (Lipinski definition) is 5. The van der Waals surface area contributed by atoms with Gasteiger partial charge in [0, 0.05) is 31.7 Å². The first-order valence-electron chi connectivity index (χ1n) is 12.5. The van der Waals surface area contributed by atoms with Crippen LogP contribution in [-0.4, -0.2) is 45.6 Å². The monoisotopic (exact) mass is 483 g/mol. The first-order valence-corrected chi connectivity index (χ1v) is 12.5. The lowest BCUT2D eigenvalue weighted by Crippen LogP contribution is -2.35. The van der Waals surface area contributed by atoms with E-state index in [-0.39, 0.29) is 0 Å². The SMILES string of the molecule is COc1ccccc1Oc1c(CN(C[C@@H](O)Cc2ccccc2)C2CC2)c(-c2ccccc2)nn1C. The van der Waals surface area contributed by atoms with Crippen LogP contribution in [0.5, 0.6) is 17.4 Å². The Balaban J connectivity index is 1.46. The van der Waals surface area contributed by atoms with Crippen molar-refractivity contribution in [2.24, 2.45) is 7.05 Å². The number of aliphatic hydroxyl groups excluding tert-OH is 1. The zero-order chi connectivity index (χ0) is 24.9. The van der Waals surface area contributed by atoms with Crippen LogP contribution in [-0.2, 0) is 20.0 Å². The molecule has 0 spiro atoms. The fourth-order valence-corrected chi connectivity index (χ4v) is 4.66. The Morgan fingerprint density at radius 3 is 2.25 bits per heavy atom. The highest BCUT2D eigenvalue weighted by atomic mass is 16.5. The number of aromatic nitrogens is 2. The summed E-state index contributed by atoms with van der Waals surface area (Å²) < 4.78 is 13.8. The normalized spacial score (nSPS) is 14.1. The minimum atomic E-state index is -0.455. The van der Waals surface area contributed by atoms with Crippen LogP contribution < -0.4 is 9.47 Å². The standard InChI is InChI=1S/C30H33N3O3/c1-32-30(36-28-16-10-9-15-27(28)35-2)26(29(31-32)23-13-7-4-8-14-23)21-33(24-17-18-24)20-25(34)19-22-11-5-3-6-12-22/h3-16,24-25,34H,17-21H2,1-2H3/t25-/m0/s1. The van der Waals surface area contributed by atoms with Gasteiger partial charge in [0.05, 0.1) is 18.8 Å². The van der Waals surface area contributed by atoms with Gasteiger partial charge < -0.3 is 14.6 Å². The number of nitrogens with zero attached hydrogens (tertiary/aromatic N) is 3. The summed E-state index contributed by atoms with van der Waals surface area (Å²) >= 11 is 0. The molecule has 0 amide bonds. The first kappa shape index (κ1) is 24.1. The molecule has 1 aliphatic rings. The Hall–Kier alpha value is -3.61. The molecule has 186 valence electrons. The predicted molar refractivity (Wildman–Crippen MR) is 141 cm³/mol. The van der Waals surface area contributed by atoms with E-state index < -0.39 is 6.10 Å². The van der Waals surface area contributed by atoms with E-state index in [1.54, 1.807) is 11.8 Å². The summed E-state index contributed by atoms with van der Waals surface area (Å²) in [5.41, 5.74) is 4.09. The van der Waals surface area contributed by atoms with Gasteiger partial charge in [0.2, 0.25) is 5.88 Å². The zero-order valence-electron chi connectivity index (χ0n) is 20.9. The van der Waals surface area contributed by atoms with Crippen LogP contribution in [0.25, 0.3) is 11.3 Å². The van der Waals surface area contributed by atoms with Crippen molar-refractivity contribution >= 4 is 0 Å². The van der Waals surface area contributed by atoms with Gasteiger partial charge in [-0.1, -0.05) is 72.8 Å². The third-order valence-corrected chi connectivity index (χ3v) is 6.59. The lowest BCUT2D eigenvalue weighted by molar-refractivity contribution is 0.104. The molecule has 6 heteroatoms. The highest BCUT2D eigenvalue weighted by Gasteiger charge is 2.33. The summed E-state index contributed by atoms with van der Waals surface area (Å²) in [6.07, 6.45) is 2.46. The molecule has 0 unspecified atom stereocenters. The number of ether oxygens (including phenoxy) is 2. The van der Waals surface area contributed by atoms with Crippen molar-refractivity contribution in [3.05, 3.63) is 96.1 Å². The molecule has 36 heavy (non-hydrogen) atoms.